The maximum absolute atomic E-state index is 12.8. The standard InChI is InChI=1S/C19H16FN3O3/c1-12-2-6-14(7-3-12)16-11-17(26-23-16)19(25)22-21-18(24)10-13-4-8-15(20)9-5-13/h2-9,11H,10H2,1H3,(H,21,24)(H,22,25). The molecule has 0 aliphatic carbocycles. The Morgan fingerprint density at radius 3 is 2.42 bits per heavy atom. The summed E-state index contributed by atoms with van der Waals surface area (Å²) in [6.07, 6.45) is 0.00554. The first-order valence-electron chi connectivity index (χ1n) is 7.88. The van der Waals surface area contributed by atoms with E-state index in [4.69, 9.17) is 4.52 Å². The van der Waals surface area contributed by atoms with Crippen molar-refractivity contribution < 1.29 is 18.5 Å². The van der Waals surface area contributed by atoms with Gasteiger partial charge in [-0.05, 0) is 24.6 Å². The number of hydrazine groups is 1. The second-order valence-corrected chi connectivity index (χ2v) is 5.75. The average molecular weight is 353 g/mol. The molecular formula is C19H16FN3O3. The summed E-state index contributed by atoms with van der Waals surface area (Å²) >= 11 is 0. The van der Waals surface area contributed by atoms with Crippen molar-refractivity contribution >= 4 is 11.8 Å². The molecule has 1 aromatic heterocycles. The normalized spacial score (nSPS) is 10.4. The summed E-state index contributed by atoms with van der Waals surface area (Å²) in [7, 11) is 0. The van der Waals surface area contributed by atoms with E-state index in [1.165, 1.54) is 30.3 Å². The molecule has 26 heavy (non-hydrogen) atoms. The lowest BCUT2D eigenvalue weighted by molar-refractivity contribution is -0.121. The van der Waals surface area contributed by atoms with Gasteiger partial charge in [-0.3, -0.25) is 20.4 Å². The Kier molecular flexibility index (Phi) is 5.07. The van der Waals surface area contributed by atoms with Crippen LogP contribution in [0.15, 0.2) is 59.1 Å². The first kappa shape index (κ1) is 17.3. The van der Waals surface area contributed by atoms with Gasteiger partial charge in [-0.25, -0.2) is 4.39 Å². The first-order chi connectivity index (χ1) is 12.5. The number of rotatable bonds is 4. The van der Waals surface area contributed by atoms with E-state index in [1.54, 1.807) is 0 Å². The highest BCUT2D eigenvalue weighted by molar-refractivity contribution is 5.93. The van der Waals surface area contributed by atoms with Crippen molar-refractivity contribution in [1.82, 2.24) is 16.0 Å². The number of nitrogens with zero attached hydrogens (tertiary/aromatic N) is 1. The van der Waals surface area contributed by atoms with E-state index in [0.29, 0.717) is 11.3 Å². The highest BCUT2D eigenvalue weighted by atomic mass is 19.1. The maximum atomic E-state index is 12.8. The second kappa shape index (κ2) is 7.60. The van der Waals surface area contributed by atoms with Crippen molar-refractivity contribution in [1.29, 1.82) is 0 Å². The van der Waals surface area contributed by atoms with Crippen LogP contribution in [0.5, 0.6) is 0 Å². The predicted molar refractivity (Wildman–Crippen MR) is 92.4 cm³/mol. The highest BCUT2D eigenvalue weighted by Crippen LogP contribution is 2.19. The van der Waals surface area contributed by atoms with Crippen LogP contribution in [-0.4, -0.2) is 17.0 Å². The zero-order chi connectivity index (χ0) is 18.5. The van der Waals surface area contributed by atoms with Gasteiger partial charge in [0.1, 0.15) is 11.5 Å². The molecule has 0 radical (unpaired) electrons. The van der Waals surface area contributed by atoms with Crippen molar-refractivity contribution in [2.24, 2.45) is 0 Å². The smallest absolute Gasteiger partial charge is 0.308 e. The van der Waals surface area contributed by atoms with E-state index in [0.717, 1.165) is 11.1 Å². The molecule has 0 unspecified atom stereocenters. The van der Waals surface area contributed by atoms with Gasteiger partial charge in [0.2, 0.25) is 11.7 Å². The van der Waals surface area contributed by atoms with Gasteiger partial charge < -0.3 is 4.52 Å². The number of carbonyl (C=O) groups excluding carboxylic acids is 2. The van der Waals surface area contributed by atoms with E-state index in [1.807, 2.05) is 31.2 Å². The molecule has 1 heterocycles. The van der Waals surface area contributed by atoms with Crippen LogP contribution in [0.4, 0.5) is 4.39 Å². The number of nitrogens with one attached hydrogen (secondary N) is 2. The Morgan fingerprint density at radius 2 is 1.73 bits per heavy atom. The summed E-state index contributed by atoms with van der Waals surface area (Å²) < 4.78 is 17.9. The SMILES string of the molecule is Cc1ccc(-c2cc(C(=O)NNC(=O)Cc3ccc(F)cc3)on2)cc1. The molecule has 0 saturated heterocycles. The molecular weight excluding hydrogens is 337 g/mol. The number of aryl methyl sites for hydroxylation is 1. The first-order valence-corrected chi connectivity index (χ1v) is 7.88. The molecule has 0 bridgehead atoms. The van der Waals surface area contributed by atoms with Crippen LogP contribution in [0.3, 0.4) is 0 Å². The van der Waals surface area contributed by atoms with Gasteiger partial charge >= 0.3 is 5.91 Å². The fraction of sp³-hybridized carbons (Fsp3) is 0.105. The highest BCUT2D eigenvalue weighted by Gasteiger charge is 2.15. The number of hydrogen-bond acceptors (Lipinski definition) is 4. The van der Waals surface area contributed by atoms with E-state index in [9.17, 15) is 14.0 Å². The lowest BCUT2D eigenvalue weighted by Crippen LogP contribution is -2.42. The fourth-order valence-electron chi connectivity index (χ4n) is 2.26. The van der Waals surface area contributed by atoms with Crippen molar-refractivity contribution in [3.8, 4) is 11.3 Å². The molecule has 0 spiro atoms. The number of benzene rings is 2. The Balaban J connectivity index is 1.55. The molecule has 0 fully saturated rings. The summed E-state index contributed by atoms with van der Waals surface area (Å²) in [6.45, 7) is 1.97. The molecule has 132 valence electrons. The third-order valence-corrected chi connectivity index (χ3v) is 3.67. The molecule has 3 rings (SSSR count). The summed E-state index contributed by atoms with van der Waals surface area (Å²) in [5, 5.41) is 3.86. The Bertz CT molecular complexity index is 918. The van der Waals surface area contributed by atoms with Crippen LogP contribution < -0.4 is 10.9 Å². The maximum Gasteiger partial charge on any atom is 0.308 e. The third-order valence-electron chi connectivity index (χ3n) is 3.67. The van der Waals surface area contributed by atoms with Crippen LogP contribution in [0, 0.1) is 12.7 Å². The van der Waals surface area contributed by atoms with Gasteiger partial charge in [0.25, 0.3) is 0 Å². The zero-order valence-electron chi connectivity index (χ0n) is 14.0. The lowest BCUT2D eigenvalue weighted by atomic mass is 10.1. The van der Waals surface area contributed by atoms with Gasteiger partial charge in [0.05, 0.1) is 6.42 Å². The zero-order valence-corrected chi connectivity index (χ0v) is 14.0. The monoisotopic (exact) mass is 353 g/mol. The van der Waals surface area contributed by atoms with Crippen molar-refractivity contribution in [2.75, 3.05) is 0 Å². The molecule has 2 amide bonds. The molecule has 6 nitrogen and oxygen atoms in total. The molecule has 7 heteroatoms. The minimum atomic E-state index is -0.622. The lowest BCUT2D eigenvalue weighted by Gasteiger charge is -2.05. The Morgan fingerprint density at radius 1 is 1.04 bits per heavy atom. The molecule has 2 N–H and O–H groups in total. The van der Waals surface area contributed by atoms with Gasteiger partial charge in [0, 0.05) is 11.6 Å². The summed E-state index contributed by atoms with van der Waals surface area (Å²) in [5.74, 6) is -1.47. The number of amides is 2. The molecule has 3 aromatic rings. The molecule has 0 aliphatic rings. The molecule has 0 saturated carbocycles. The van der Waals surface area contributed by atoms with Crippen LogP contribution in [0.2, 0.25) is 0 Å². The molecule has 0 aliphatic heterocycles. The van der Waals surface area contributed by atoms with E-state index in [-0.39, 0.29) is 18.0 Å². The largest absolute Gasteiger partial charge is 0.350 e. The molecule has 0 atom stereocenters. The van der Waals surface area contributed by atoms with E-state index >= 15 is 0 Å². The van der Waals surface area contributed by atoms with Crippen LogP contribution in [-0.2, 0) is 11.2 Å². The van der Waals surface area contributed by atoms with Crippen LogP contribution in [0.25, 0.3) is 11.3 Å². The topological polar surface area (TPSA) is 84.2 Å². The predicted octanol–water partition coefficient (Wildman–Crippen LogP) is 2.79. The Labute approximate surface area is 149 Å². The number of carbonyl (C=O) groups is 2. The minimum Gasteiger partial charge on any atom is -0.350 e. The van der Waals surface area contributed by atoms with Crippen molar-refractivity contribution in [3.63, 3.8) is 0 Å². The van der Waals surface area contributed by atoms with Crippen molar-refractivity contribution in [2.45, 2.75) is 13.3 Å². The van der Waals surface area contributed by atoms with Gasteiger partial charge in [-0.1, -0.05) is 47.1 Å². The quantitative estimate of drug-likeness (QED) is 0.707. The summed E-state index contributed by atoms with van der Waals surface area (Å²) in [5.41, 5.74) is 7.61. The summed E-state index contributed by atoms with van der Waals surface area (Å²) in [6, 6.07) is 14.6. The minimum absolute atomic E-state index is 0.00554. The number of halogens is 1. The average Bonchev–Trinajstić information content (AvgIpc) is 3.12. The third kappa shape index (κ3) is 4.32. The Hall–Kier alpha value is -3.48. The molecule has 2 aromatic carbocycles. The van der Waals surface area contributed by atoms with E-state index in [2.05, 4.69) is 16.0 Å². The van der Waals surface area contributed by atoms with Gasteiger partial charge in [-0.15, -0.1) is 0 Å². The summed E-state index contributed by atoms with van der Waals surface area (Å²) in [4.78, 5) is 23.9. The second-order valence-electron chi connectivity index (χ2n) is 5.75. The van der Waals surface area contributed by atoms with Crippen molar-refractivity contribution in [3.05, 3.63) is 77.3 Å². The van der Waals surface area contributed by atoms with Crippen LogP contribution >= 0.6 is 0 Å². The van der Waals surface area contributed by atoms with Gasteiger partial charge in [-0.2, -0.15) is 0 Å². The fourth-order valence-corrected chi connectivity index (χ4v) is 2.26. The number of aromatic nitrogens is 1. The number of hydrogen-bond donors (Lipinski definition) is 2. The van der Waals surface area contributed by atoms with Crippen LogP contribution in [0.1, 0.15) is 21.7 Å². The van der Waals surface area contributed by atoms with E-state index < -0.39 is 11.8 Å². The van der Waals surface area contributed by atoms with Gasteiger partial charge in [0.15, 0.2) is 0 Å².